The third kappa shape index (κ3) is 6.43. The van der Waals surface area contributed by atoms with Crippen LogP contribution in [0.15, 0.2) is 64.3 Å². The molecule has 0 fully saturated rings. The average Bonchev–Trinajstić information content (AvgIpc) is 2.82. The van der Waals surface area contributed by atoms with Crippen LogP contribution >= 0.6 is 11.8 Å². The first-order chi connectivity index (χ1) is 15.6. The molecule has 0 saturated heterocycles. The summed E-state index contributed by atoms with van der Waals surface area (Å²) in [7, 11) is 0. The Morgan fingerprint density at radius 1 is 0.938 bits per heavy atom. The minimum absolute atomic E-state index is 0.122. The molecule has 0 saturated carbocycles. The van der Waals surface area contributed by atoms with Crippen LogP contribution in [0.1, 0.15) is 49.5 Å². The summed E-state index contributed by atoms with van der Waals surface area (Å²) >= 11 is 1.69. The summed E-state index contributed by atoms with van der Waals surface area (Å²) in [6, 6.07) is 16.9. The predicted octanol–water partition coefficient (Wildman–Crippen LogP) is 3.92. The monoisotopic (exact) mass is 452 g/mol. The number of hydrogen-bond acceptors (Lipinski definition) is 5. The third-order valence-corrected chi connectivity index (χ3v) is 6.03. The number of carbonyl (C=O) groups excluding carboxylic acids is 2. The molecule has 0 atom stereocenters. The van der Waals surface area contributed by atoms with Crippen molar-refractivity contribution in [1.82, 2.24) is 20.6 Å². The summed E-state index contributed by atoms with van der Waals surface area (Å²) in [4.78, 5) is 38.8. The van der Waals surface area contributed by atoms with E-state index in [0.717, 1.165) is 29.9 Å². The van der Waals surface area contributed by atoms with Crippen LogP contribution in [0, 0.1) is 0 Å². The molecule has 0 unspecified atom stereocenters. The van der Waals surface area contributed by atoms with E-state index < -0.39 is 5.91 Å². The number of aromatic nitrogens is 2. The maximum absolute atomic E-state index is 12.8. The highest BCUT2D eigenvalue weighted by Gasteiger charge is 2.17. The van der Waals surface area contributed by atoms with Crippen LogP contribution in [0.4, 0.5) is 0 Å². The van der Waals surface area contributed by atoms with Crippen LogP contribution in [0.3, 0.4) is 0 Å². The van der Waals surface area contributed by atoms with Gasteiger partial charge < -0.3 is 0 Å². The second-order valence-electron chi connectivity index (χ2n) is 7.40. The van der Waals surface area contributed by atoms with Crippen molar-refractivity contribution in [3.63, 3.8) is 0 Å². The van der Waals surface area contributed by atoms with Gasteiger partial charge in [-0.05, 0) is 36.8 Å². The maximum Gasteiger partial charge on any atom is 0.290 e. The molecule has 8 heteroatoms. The zero-order valence-corrected chi connectivity index (χ0v) is 19.0. The van der Waals surface area contributed by atoms with Crippen molar-refractivity contribution in [2.24, 2.45) is 0 Å². The number of amides is 2. The van der Waals surface area contributed by atoms with Crippen molar-refractivity contribution < 1.29 is 9.59 Å². The normalized spacial score (nSPS) is 10.8. The van der Waals surface area contributed by atoms with E-state index in [1.165, 1.54) is 4.68 Å². The molecule has 2 amide bonds. The molecule has 3 aromatic rings. The van der Waals surface area contributed by atoms with Gasteiger partial charge in [-0.1, -0.05) is 56.2 Å². The van der Waals surface area contributed by atoms with E-state index in [9.17, 15) is 14.4 Å². The Balaban J connectivity index is 1.59. The van der Waals surface area contributed by atoms with Crippen LogP contribution in [0.25, 0.3) is 10.8 Å². The lowest BCUT2D eigenvalue weighted by Crippen LogP contribution is -2.42. The molecule has 7 nitrogen and oxygen atoms in total. The van der Waals surface area contributed by atoms with E-state index in [2.05, 4.69) is 22.9 Å². The lowest BCUT2D eigenvalue weighted by atomic mass is 10.1. The highest BCUT2D eigenvalue weighted by atomic mass is 32.2. The Hall–Kier alpha value is -3.13. The lowest BCUT2D eigenvalue weighted by molar-refractivity contribution is -0.121. The summed E-state index contributed by atoms with van der Waals surface area (Å²) in [5, 5.41) is 5.20. The number of aryl methyl sites for hydroxylation is 1. The van der Waals surface area contributed by atoms with Crippen LogP contribution < -0.4 is 16.4 Å². The first-order valence-electron chi connectivity index (χ1n) is 10.9. The Bertz CT molecular complexity index is 1120. The summed E-state index contributed by atoms with van der Waals surface area (Å²) in [6.45, 7) is 2.53. The van der Waals surface area contributed by atoms with E-state index in [1.807, 2.05) is 30.3 Å². The maximum atomic E-state index is 12.8. The number of hydrogen-bond donors (Lipinski definition) is 2. The first-order valence-corrected chi connectivity index (χ1v) is 11.9. The van der Waals surface area contributed by atoms with Crippen LogP contribution in [-0.4, -0.2) is 27.3 Å². The van der Waals surface area contributed by atoms with Gasteiger partial charge >= 0.3 is 0 Å². The second kappa shape index (κ2) is 12.0. The molecular weight excluding hydrogens is 424 g/mol. The molecule has 0 aliphatic rings. The highest BCUT2D eigenvalue weighted by molar-refractivity contribution is 7.99. The van der Waals surface area contributed by atoms with Gasteiger partial charge in [0.05, 0.1) is 5.39 Å². The van der Waals surface area contributed by atoms with Crippen LogP contribution in [-0.2, 0) is 11.3 Å². The van der Waals surface area contributed by atoms with Crippen LogP contribution in [0.5, 0.6) is 0 Å². The van der Waals surface area contributed by atoms with Gasteiger partial charge in [0.15, 0.2) is 5.69 Å². The quantitative estimate of drug-likeness (QED) is 0.276. The molecular formula is C24H28N4O3S. The molecule has 0 aliphatic carbocycles. The lowest BCUT2D eigenvalue weighted by Gasteiger charge is -2.12. The average molecular weight is 453 g/mol. The van der Waals surface area contributed by atoms with Crippen molar-refractivity contribution in [2.75, 3.05) is 5.75 Å². The smallest absolute Gasteiger partial charge is 0.273 e. The SMILES string of the molecule is CCCCCn1nc(C(=O)NNC(=O)CCCSc2ccccc2)c2ccccc2c1=O. The minimum Gasteiger partial charge on any atom is -0.273 e. The molecule has 2 aromatic carbocycles. The predicted molar refractivity (Wildman–Crippen MR) is 128 cm³/mol. The molecule has 168 valence electrons. The summed E-state index contributed by atoms with van der Waals surface area (Å²) in [5.41, 5.74) is 4.80. The Labute approximate surface area is 191 Å². The van der Waals surface area contributed by atoms with Gasteiger partial charge in [-0.25, -0.2) is 4.68 Å². The van der Waals surface area contributed by atoms with Crippen molar-refractivity contribution >= 4 is 34.3 Å². The molecule has 2 N–H and O–H groups in total. The molecule has 0 radical (unpaired) electrons. The fourth-order valence-corrected chi connectivity index (χ4v) is 4.13. The number of nitrogens with one attached hydrogen (secondary N) is 2. The number of carbonyl (C=O) groups is 2. The van der Waals surface area contributed by atoms with Crippen molar-refractivity contribution in [3.8, 4) is 0 Å². The zero-order valence-electron chi connectivity index (χ0n) is 18.2. The fourth-order valence-electron chi connectivity index (χ4n) is 3.25. The van der Waals surface area contributed by atoms with Crippen molar-refractivity contribution in [1.29, 1.82) is 0 Å². The largest absolute Gasteiger partial charge is 0.290 e. The van der Waals surface area contributed by atoms with Crippen molar-refractivity contribution in [3.05, 3.63) is 70.6 Å². The Morgan fingerprint density at radius 3 is 2.41 bits per heavy atom. The van der Waals surface area contributed by atoms with Gasteiger partial charge in [-0.15, -0.1) is 11.8 Å². The number of rotatable bonds is 10. The van der Waals surface area contributed by atoms with Gasteiger partial charge in [0.1, 0.15) is 0 Å². The van der Waals surface area contributed by atoms with Gasteiger partial charge in [0, 0.05) is 23.2 Å². The summed E-state index contributed by atoms with van der Waals surface area (Å²) < 4.78 is 1.34. The van der Waals surface area contributed by atoms with E-state index in [1.54, 1.807) is 36.0 Å². The van der Waals surface area contributed by atoms with E-state index in [4.69, 9.17) is 0 Å². The molecule has 1 heterocycles. The third-order valence-electron chi connectivity index (χ3n) is 4.93. The zero-order chi connectivity index (χ0) is 22.8. The Morgan fingerprint density at radius 2 is 1.66 bits per heavy atom. The topological polar surface area (TPSA) is 93.1 Å². The molecule has 1 aromatic heterocycles. The first kappa shape index (κ1) is 23.5. The fraction of sp³-hybridized carbons (Fsp3) is 0.333. The molecule has 0 aliphatic heterocycles. The van der Waals surface area contributed by atoms with Crippen molar-refractivity contribution in [2.45, 2.75) is 50.5 Å². The Kier molecular flexibility index (Phi) is 8.86. The number of nitrogens with zero attached hydrogens (tertiary/aromatic N) is 2. The number of unbranched alkanes of at least 4 members (excludes halogenated alkanes) is 2. The molecule has 32 heavy (non-hydrogen) atoms. The summed E-state index contributed by atoms with van der Waals surface area (Å²) in [5.74, 6) is -0.00893. The number of hydrazine groups is 1. The van der Waals surface area contributed by atoms with Gasteiger partial charge in [-0.3, -0.25) is 25.2 Å². The van der Waals surface area contributed by atoms with Gasteiger partial charge in [0.2, 0.25) is 5.91 Å². The van der Waals surface area contributed by atoms with E-state index in [-0.39, 0.29) is 17.2 Å². The molecule has 3 rings (SSSR count). The van der Waals surface area contributed by atoms with Crippen LogP contribution in [0.2, 0.25) is 0 Å². The second-order valence-corrected chi connectivity index (χ2v) is 8.57. The minimum atomic E-state index is -0.544. The molecule has 0 bridgehead atoms. The molecule has 0 spiro atoms. The van der Waals surface area contributed by atoms with Gasteiger partial charge in [-0.2, -0.15) is 5.10 Å². The number of fused-ring (bicyclic) bond motifs is 1. The van der Waals surface area contributed by atoms with E-state index in [0.29, 0.717) is 30.2 Å². The highest BCUT2D eigenvalue weighted by Crippen LogP contribution is 2.18. The van der Waals surface area contributed by atoms with Gasteiger partial charge in [0.25, 0.3) is 11.5 Å². The number of benzene rings is 2. The summed E-state index contributed by atoms with van der Waals surface area (Å²) in [6.07, 6.45) is 3.78. The van der Waals surface area contributed by atoms with E-state index >= 15 is 0 Å². The number of thioether (sulfide) groups is 1. The standard InChI is InChI=1S/C24H28N4O3S/c1-2-3-9-16-28-24(31)20-14-8-7-13-19(20)22(27-28)23(30)26-25-21(29)15-10-17-32-18-11-5-4-6-12-18/h4-8,11-14H,2-3,9-10,15-17H2,1H3,(H,25,29)(H,26,30).